The lowest BCUT2D eigenvalue weighted by atomic mass is 10.3. The number of halogens is 3. The maximum Gasteiger partial charge on any atom is 0.573 e. The molecule has 0 unspecified atom stereocenters. The van der Waals surface area contributed by atoms with Crippen LogP contribution in [0.3, 0.4) is 0 Å². The first kappa shape index (κ1) is 13.2. The molecule has 0 amide bonds. The van der Waals surface area contributed by atoms with Crippen molar-refractivity contribution in [3.63, 3.8) is 0 Å². The van der Waals surface area contributed by atoms with Gasteiger partial charge < -0.3 is 10.5 Å². The lowest BCUT2D eigenvalue weighted by molar-refractivity contribution is -0.274. The Balaban J connectivity index is 2.09. The molecule has 0 atom stereocenters. The van der Waals surface area contributed by atoms with Gasteiger partial charge in [-0.3, -0.25) is 0 Å². The highest BCUT2D eigenvalue weighted by Crippen LogP contribution is 2.26. The van der Waals surface area contributed by atoms with E-state index >= 15 is 0 Å². The average molecular weight is 295 g/mol. The Morgan fingerprint density at radius 2 is 2.00 bits per heavy atom. The minimum atomic E-state index is -4.76. The van der Waals surface area contributed by atoms with E-state index in [9.17, 15) is 13.2 Å². The zero-order chi connectivity index (χ0) is 15.0. The third kappa shape index (κ3) is 2.57. The van der Waals surface area contributed by atoms with Gasteiger partial charge in [0.1, 0.15) is 23.1 Å². The van der Waals surface area contributed by atoms with Crippen molar-refractivity contribution in [2.75, 3.05) is 5.73 Å². The minimum absolute atomic E-state index is 0.180. The van der Waals surface area contributed by atoms with Gasteiger partial charge in [0, 0.05) is 6.07 Å². The third-order valence-corrected chi connectivity index (χ3v) is 2.68. The molecule has 9 heteroatoms. The second-order valence-corrected chi connectivity index (χ2v) is 4.09. The summed E-state index contributed by atoms with van der Waals surface area (Å²) in [4.78, 5) is 7.83. The predicted molar refractivity (Wildman–Crippen MR) is 67.8 cm³/mol. The van der Waals surface area contributed by atoms with Gasteiger partial charge in [0.25, 0.3) is 0 Å². The van der Waals surface area contributed by atoms with Crippen LogP contribution < -0.4 is 10.5 Å². The summed E-state index contributed by atoms with van der Waals surface area (Å²) in [7, 11) is 0. The molecule has 3 aromatic rings. The number of hydrogen-bond donors (Lipinski definition) is 1. The summed E-state index contributed by atoms with van der Waals surface area (Å²) in [5.74, 6) is -0.168. The van der Waals surface area contributed by atoms with E-state index in [0.29, 0.717) is 16.7 Å². The smallest absolute Gasteiger partial charge is 0.406 e. The first-order chi connectivity index (χ1) is 9.94. The quantitative estimate of drug-likeness (QED) is 0.784. The summed E-state index contributed by atoms with van der Waals surface area (Å²) in [5, 5.41) is 4.06. The molecule has 3 rings (SSSR count). The first-order valence-electron chi connectivity index (χ1n) is 5.74. The van der Waals surface area contributed by atoms with E-state index in [-0.39, 0.29) is 11.6 Å². The van der Waals surface area contributed by atoms with Crippen LogP contribution in [0.4, 0.5) is 19.0 Å². The summed E-state index contributed by atoms with van der Waals surface area (Å²) in [6, 6.07) is 5.39. The largest absolute Gasteiger partial charge is 0.573 e. The molecule has 0 aliphatic rings. The number of fused-ring (bicyclic) bond motifs is 1. The van der Waals surface area contributed by atoms with Crippen molar-refractivity contribution in [1.29, 1.82) is 0 Å². The number of alkyl halides is 3. The number of nitrogens with two attached hydrogens (primary N) is 1. The monoisotopic (exact) mass is 295 g/mol. The second kappa shape index (κ2) is 4.62. The van der Waals surface area contributed by atoms with Gasteiger partial charge in [-0.15, -0.1) is 13.2 Å². The summed E-state index contributed by atoms with van der Waals surface area (Å²) >= 11 is 0. The van der Waals surface area contributed by atoms with E-state index in [4.69, 9.17) is 5.73 Å². The van der Waals surface area contributed by atoms with Crippen LogP contribution in [-0.4, -0.2) is 26.1 Å². The Morgan fingerprint density at radius 1 is 1.19 bits per heavy atom. The molecule has 6 nitrogen and oxygen atoms in total. The van der Waals surface area contributed by atoms with Crippen LogP contribution in [0.15, 0.2) is 36.8 Å². The predicted octanol–water partition coefficient (Wildman–Crippen LogP) is 2.30. The van der Waals surface area contributed by atoms with Gasteiger partial charge in [0.05, 0.1) is 11.9 Å². The maximum atomic E-state index is 12.2. The summed E-state index contributed by atoms with van der Waals surface area (Å²) in [6.45, 7) is 0. The molecule has 0 saturated carbocycles. The normalized spacial score (nSPS) is 11.8. The van der Waals surface area contributed by atoms with Gasteiger partial charge in [-0.05, 0) is 12.1 Å². The molecule has 1 aromatic carbocycles. The first-order valence-corrected chi connectivity index (χ1v) is 5.74. The Bertz CT molecular complexity index is 799. The van der Waals surface area contributed by atoms with Crippen LogP contribution in [0.5, 0.6) is 5.75 Å². The average Bonchev–Trinajstić information content (AvgIpc) is 2.82. The highest BCUT2D eigenvalue weighted by molar-refractivity contribution is 5.85. The fourth-order valence-corrected chi connectivity index (χ4v) is 1.90. The molecular formula is C12H8F3N5O. The summed E-state index contributed by atoms with van der Waals surface area (Å²) in [6.07, 6.45) is -2.02. The molecule has 2 heterocycles. The van der Waals surface area contributed by atoms with E-state index in [1.165, 1.54) is 35.4 Å². The number of aromatic nitrogens is 4. The fraction of sp³-hybridized carbons (Fsp3) is 0.0833. The van der Waals surface area contributed by atoms with Crippen LogP contribution in [0.25, 0.3) is 16.7 Å². The number of rotatable bonds is 2. The zero-order valence-corrected chi connectivity index (χ0v) is 10.4. The Labute approximate surface area is 116 Å². The lowest BCUT2D eigenvalue weighted by Gasteiger charge is -2.10. The third-order valence-electron chi connectivity index (χ3n) is 2.68. The van der Waals surface area contributed by atoms with Crippen molar-refractivity contribution in [2.24, 2.45) is 0 Å². The molecule has 0 aliphatic carbocycles. The molecule has 0 saturated heterocycles. The fourth-order valence-electron chi connectivity index (χ4n) is 1.90. The van der Waals surface area contributed by atoms with Crippen LogP contribution in [0, 0.1) is 0 Å². The Morgan fingerprint density at radius 3 is 2.76 bits per heavy atom. The van der Waals surface area contributed by atoms with Gasteiger partial charge in [0.15, 0.2) is 5.82 Å². The molecule has 108 valence electrons. The highest BCUT2D eigenvalue weighted by Gasteiger charge is 2.31. The molecule has 0 fully saturated rings. The van der Waals surface area contributed by atoms with Crippen molar-refractivity contribution < 1.29 is 17.9 Å². The van der Waals surface area contributed by atoms with Crippen LogP contribution in [-0.2, 0) is 0 Å². The topological polar surface area (TPSA) is 78.9 Å². The minimum Gasteiger partial charge on any atom is -0.406 e. The van der Waals surface area contributed by atoms with Crippen LogP contribution in [0.2, 0.25) is 0 Å². The van der Waals surface area contributed by atoms with Gasteiger partial charge in [0.2, 0.25) is 0 Å². The Hall–Kier alpha value is -2.84. The maximum absolute atomic E-state index is 12.2. The van der Waals surface area contributed by atoms with E-state index in [1.807, 2.05) is 0 Å². The number of hydrogen-bond acceptors (Lipinski definition) is 5. The molecule has 2 aromatic heterocycles. The van der Waals surface area contributed by atoms with Crippen molar-refractivity contribution in [3.05, 3.63) is 36.8 Å². The van der Waals surface area contributed by atoms with Crippen molar-refractivity contribution >= 4 is 16.9 Å². The number of nitrogens with zero attached hydrogens (tertiary/aromatic N) is 4. The van der Waals surface area contributed by atoms with Gasteiger partial charge >= 0.3 is 6.36 Å². The highest BCUT2D eigenvalue weighted by atomic mass is 19.4. The zero-order valence-electron chi connectivity index (χ0n) is 10.4. The number of ether oxygens (including phenoxy) is 1. The summed E-state index contributed by atoms with van der Waals surface area (Å²) < 4.78 is 42.0. The van der Waals surface area contributed by atoms with Crippen LogP contribution >= 0.6 is 0 Å². The number of nitrogen functional groups attached to an aromatic ring is 1. The Kier molecular flexibility index (Phi) is 2.89. The van der Waals surface area contributed by atoms with E-state index < -0.39 is 6.36 Å². The molecule has 0 spiro atoms. The number of anilines is 1. The summed E-state index contributed by atoms with van der Waals surface area (Å²) in [5.41, 5.74) is 7.02. The van der Waals surface area contributed by atoms with Gasteiger partial charge in [-0.1, -0.05) is 6.07 Å². The lowest BCUT2D eigenvalue weighted by Crippen LogP contribution is -2.17. The molecule has 0 aliphatic heterocycles. The molecule has 0 radical (unpaired) electrons. The molecule has 21 heavy (non-hydrogen) atoms. The van der Waals surface area contributed by atoms with E-state index in [1.54, 1.807) is 6.07 Å². The number of benzene rings is 1. The molecule has 2 N–H and O–H groups in total. The van der Waals surface area contributed by atoms with E-state index in [2.05, 4.69) is 19.8 Å². The van der Waals surface area contributed by atoms with Crippen molar-refractivity contribution in [2.45, 2.75) is 6.36 Å². The van der Waals surface area contributed by atoms with Crippen LogP contribution in [0.1, 0.15) is 0 Å². The van der Waals surface area contributed by atoms with E-state index in [0.717, 1.165) is 0 Å². The molecular weight excluding hydrogens is 287 g/mol. The van der Waals surface area contributed by atoms with Crippen molar-refractivity contribution in [3.8, 4) is 11.4 Å². The standard InChI is InChI=1S/C12H8F3N5O/c13-12(14,15)21-8-3-1-2-7(4-8)20-10-9(5-19-20)17-6-18-11(10)16/h1-6H,(H2,16,17,18). The van der Waals surface area contributed by atoms with Crippen molar-refractivity contribution in [1.82, 2.24) is 19.7 Å². The SMILES string of the molecule is Nc1ncnc2cnn(-c3cccc(OC(F)(F)F)c3)c12. The van der Waals surface area contributed by atoms with Gasteiger partial charge in [-0.2, -0.15) is 5.10 Å². The second-order valence-electron chi connectivity index (χ2n) is 4.09. The van der Waals surface area contributed by atoms with Gasteiger partial charge in [-0.25, -0.2) is 14.6 Å². The molecule has 0 bridgehead atoms.